The minimum absolute atomic E-state index is 0.0873. The normalized spacial score (nSPS) is 19.8. The van der Waals surface area contributed by atoms with Crippen LogP contribution in [0.25, 0.3) is 10.9 Å². The Hall–Kier alpha value is -1.13. The largest absolute Gasteiger partial charge is 0.309 e. The number of hydrogen-bond donors (Lipinski definition) is 0. The summed E-state index contributed by atoms with van der Waals surface area (Å²) in [5.74, 6) is 0.0873. The van der Waals surface area contributed by atoms with Gasteiger partial charge in [0.05, 0.1) is 21.1 Å². The lowest BCUT2D eigenvalue weighted by molar-refractivity contribution is -0.116. The third kappa shape index (κ3) is 1.80. The molecule has 0 radical (unpaired) electrons. The Balaban J connectivity index is 2.19. The molecule has 3 rings (SSSR count). The summed E-state index contributed by atoms with van der Waals surface area (Å²) in [6.45, 7) is 0.710. The maximum atomic E-state index is 12.1. The molecular weight excluding hydrogens is 316 g/mol. The highest BCUT2D eigenvalue weighted by atomic mass is 79.9. The van der Waals surface area contributed by atoms with Gasteiger partial charge in [0.1, 0.15) is 0 Å². The Labute approximate surface area is 118 Å². The van der Waals surface area contributed by atoms with Gasteiger partial charge >= 0.3 is 0 Å². The van der Waals surface area contributed by atoms with E-state index in [2.05, 4.69) is 20.9 Å². The lowest BCUT2D eigenvalue weighted by Gasteiger charge is -2.18. The molecule has 18 heavy (non-hydrogen) atoms. The fourth-order valence-corrected chi connectivity index (χ4v) is 2.89. The molecule has 1 aromatic heterocycles. The molecule has 2 heterocycles. The number of halogens is 2. The molecule has 1 aliphatic heterocycles. The van der Waals surface area contributed by atoms with Gasteiger partial charge in [0.25, 0.3) is 0 Å². The molecule has 0 N–H and O–H groups in total. The number of carbonyl (C=O) groups excluding carboxylic acids is 1. The molecule has 3 nitrogen and oxygen atoms in total. The summed E-state index contributed by atoms with van der Waals surface area (Å²) < 4.78 is 0. The maximum Gasteiger partial charge on any atom is 0.240 e. The molecule has 1 amide bonds. The third-order valence-electron chi connectivity index (χ3n) is 3.13. The van der Waals surface area contributed by atoms with Gasteiger partial charge in [-0.25, -0.2) is 0 Å². The number of alkyl halides is 1. The van der Waals surface area contributed by atoms with Gasteiger partial charge in [-0.1, -0.05) is 27.5 Å². The van der Waals surface area contributed by atoms with E-state index >= 15 is 0 Å². The van der Waals surface area contributed by atoms with Crippen LogP contribution in [0.3, 0.4) is 0 Å². The van der Waals surface area contributed by atoms with Gasteiger partial charge in [0.2, 0.25) is 5.91 Å². The molecule has 92 valence electrons. The number of pyridine rings is 1. The predicted octanol–water partition coefficient (Wildman–Crippen LogP) is 3.39. The number of rotatable bonds is 1. The zero-order valence-corrected chi connectivity index (χ0v) is 11.8. The first kappa shape index (κ1) is 11.9. The van der Waals surface area contributed by atoms with Crippen molar-refractivity contribution in [1.29, 1.82) is 0 Å². The molecule has 1 fully saturated rings. The first-order valence-corrected chi connectivity index (χ1v) is 6.96. The van der Waals surface area contributed by atoms with E-state index in [0.717, 1.165) is 23.0 Å². The number of nitrogens with zero attached hydrogens (tertiary/aromatic N) is 2. The zero-order valence-electron chi connectivity index (χ0n) is 9.44. The van der Waals surface area contributed by atoms with Gasteiger partial charge in [0, 0.05) is 18.1 Å². The van der Waals surface area contributed by atoms with Crippen molar-refractivity contribution in [3.63, 3.8) is 0 Å². The molecule has 5 heteroatoms. The van der Waals surface area contributed by atoms with E-state index in [9.17, 15) is 4.79 Å². The first-order valence-electron chi connectivity index (χ1n) is 5.67. The van der Waals surface area contributed by atoms with Gasteiger partial charge in [-0.3, -0.25) is 9.78 Å². The first-order chi connectivity index (χ1) is 8.68. The number of anilines is 1. The van der Waals surface area contributed by atoms with E-state index in [-0.39, 0.29) is 10.7 Å². The quantitative estimate of drug-likeness (QED) is 0.753. The number of carbonyl (C=O) groups is 1. The highest BCUT2D eigenvalue weighted by Gasteiger charge is 2.31. The second-order valence-electron chi connectivity index (χ2n) is 4.21. The average Bonchev–Trinajstić information content (AvgIpc) is 2.71. The van der Waals surface area contributed by atoms with Gasteiger partial charge in [0.15, 0.2) is 0 Å². The van der Waals surface area contributed by atoms with Crippen LogP contribution in [0, 0.1) is 0 Å². The summed E-state index contributed by atoms with van der Waals surface area (Å²) in [7, 11) is 0. The molecule has 1 unspecified atom stereocenters. The molecule has 1 atom stereocenters. The highest BCUT2D eigenvalue weighted by Crippen LogP contribution is 2.33. The third-order valence-corrected chi connectivity index (χ3v) is 4.31. The van der Waals surface area contributed by atoms with E-state index in [1.807, 2.05) is 24.3 Å². The summed E-state index contributed by atoms with van der Waals surface area (Å²) in [5, 5.41) is 1.53. The Morgan fingerprint density at radius 2 is 2.22 bits per heavy atom. The van der Waals surface area contributed by atoms with Gasteiger partial charge in [-0.05, 0) is 30.7 Å². The van der Waals surface area contributed by atoms with Crippen molar-refractivity contribution < 1.29 is 4.79 Å². The van der Waals surface area contributed by atoms with Crippen LogP contribution in [-0.4, -0.2) is 22.3 Å². The Bertz CT molecular complexity index is 631. The van der Waals surface area contributed by atoms with Crippen LogP contribution < -0.4 is 4.90 Å². The van der Waals surface area contributed by atoms with Crippen molar-refractivity contribution in [2.24, 2.45) is 0 Å². The van der Waals surface area contributed by atoms with Crippen LogP contribution >= 0.6 is 27.5 Å². The minimum Gasteiger partial charge on any atom is -0.309 e. The van der Waals surface area contributed by atoms with E-state index in [1.165, 1.54) is 0 Å². The van der Waals surface area contributed by atoms with Crippen molar-refractivity contribution in [3.8, 4) is 0 Å². The Kier molecular flexibility index (Phi) is 2.99. The zero-order chi connectivity index (χ0) is 12.7. The Morgan fingerprint density at radius 1 is 1.39 bits per heavy atom. The van der Waals surface area contributed by atoms with Crippen molar-refractivity contribution >= 4 is 50.0 Å². The van der Waals surface area contributed by atoms with Crippen molar-refractivity contribution in [2.75, 3.05) is 11.4 Å². The molecule has 1 aliphatic rings. The van der Waals surface area contributed by atoms with E-state index in [0.29, 0.717) is 11.6 Å². The standard InChI is InChI=1S/C13H10BrClN2O/c14-9-5-7-17(13(9)18)11-4-3-10(15)8-2-1-6-16-12(8)11/h1-4,6,9H,5,7H2. The van der Waals surface area contributed by atoms with Gasteiger partial charge < -0.3 is 4.90 Å². The molecular formula is C13H10BrClN2O. The van der Waals surface area contributed by atoms with Crippen LogP contribution in [0.5, 0.6) is 0 Å². The van der Waals surface area contributed by atoms with Crippen LogP contribution in [-0.2, 0) is 4.79 Å². The molecule has 1 aromatic carbocycles. The second-order valence-corrected chi connectivity index (χ2v) is 5.72. The lowest BCUT2D eigenvalue weighted by atomic mass is 10.2. The van der Waals surface area contributed by atoms with E-state index < -0.39 is 0 Å². The number of amides is 1. The van der Waals surface area contributed by atoms with Gasteiger partial charge in [-0.2, -0.15) is 0 Å². The van der Waals surface area contributed by atoms with E-state index in [1.54, 1.807) is 11.1 Å². The summed E-state index contributed by atoms with van der Waals surface area (Å²) >= 11 is 9.53. The number of fused-ring (bicyclic) bond motifs is 1. The van der Waals surface area contributed by atoms with Crippen molar-refractivity contribution in [2.45, 2.75) is 11.2 Å². The van der Waals surface area contributed by atoms with E-state index in [4.69, 9.17) is 11.6 Å². The van der Waals surface area contributed by atoms with Gasteiger partial charge in [-0.15, -0.1) is 0 Å². The molecule has 0 spiro atoms. The molecule has 0 saturated carbocycles. The lowest BCUT2D eigenvalue weighted by Crippen LogP contribution is -2.27. The smallest absolute Gasteiger partial charge is 0.240 e. The van der Waals surface area contributed by atoms with Crippen LogP contribution in [0.4, 0.5) is 5.69 Å². The number of benzene rings is 1. The highest BCUT2D eigenvalue weighted by molar-refractivity contribution is 9.10. The minimum atomic E-state index is -0.0908. The fourth-order valence-electron chi connectivity index (χ4n) is 2.23. The monoisotopic (exact) mass is 324 g/mol. The Morgan fingerprint density at radius 3 is 2.94 bits per heavy atom. The fraction of sp³-hybridized carbons (Fsp3) is 0.231. The molecule has 1 saturated heterocycles. The number of hydrogen-bond acceptors (Lipinski definition) is 2. The van der Waals surface area contributed by atoms with Crippen LogP contribution in [0.2, 0.25) is 5.02 Å². The summed E-state index contributed by atoms with van der Waals surface area (Å²) in [5.41, 5.74) is 1.61. The summed E-state index contributed by atoms with van der Waals surface area (Å²) in [4.78, 5) is 18.1. The number of aromatic nitrogens is 1. The maximum absolute atomic E-state index is 12.1. The molecule has 0 bridgehead atoms. The summed E-state index contributed by atoms with van der Waals surface area (Å²) in [6, 6.07) is 7.44. The summed E-state index contributed by atoms with van der Waals surface area (Å²) in [6.07, 6.45) is 2.53. The van der Waals surface area contributed by atoms with Crippen LogP contribution in [0.1, 0.15) is 6.42 Å². The topological polar surface area (TPSA) is 33.2 Å². The predicted molar refractivity (Wildman–Crippen MR) is 76.4 cm³/mol. The second kappa shape index (κ2) is 4.52. The van der Waals surface area contributed by atoms with Crippen molar-refractivity contribution in [1.82, 2.24) is 4.98 Å². The average molecular weight is 326 g/mol. The molecule has 2 aromatic rings. The van der Waals surface area contributed by atoms with Crippen LogP contribution in [0.15, 0.2) is 30.5 Å². The molecule has 0 aliphatic carbocycles. The van der Waals surface area contributed by atoms with Crippen molar-refractivity contribution in [3.05, 3.63) is 35.5 Å². The SMILES string of the molecule is O=C1C(Br)CCN1c1ccc(Cl)c2cccnc12.